The third-order valence-electron chi connectivity index (χ3n) is 1.87. The Morgan fingerprint density at radius 1 is 1.43 bits per heavy atom. The molecule has 0 spiro atoms. The molecule has 0 radical (unpaired) electrons. The van der Waals surface area contributed by atoms with E-state index in [1.54, 1.807) is 12.1 Å². The number of sulfone groups is 1. The minimum atomic E-state index is -3.32. The van der Waals surface area contributed by atoms with E-state index in [1.807, 2.05) is 0 Å². The van der Waals surface area contributed by atoms with Gasteiger partial charge in [0.25, 0.3) is 0 Å². The molecule has 5 heteroatoms. The number of methoxy groups -OCH3 is 1. The van der Waals surface area contributed by atoms with Crippen LogP contribution in [0.4, 0.5) is 0 Å². The van der Waals surface area contributed by atoms with Gasteiger partial charge in [-0.05, 0) is 12.1 Å². The van der Waals surface area contributed by atoms with E-state index in [9.17, 15) is 8.42 Å². The van der Waals surface area contributed by atoms with Crippen LogP contribution in [0.2, 0.25) is 0 Å². The van der Waals surface area contributed by atoms with Crippen LogP contribution in [0.25, 0.3) is 0 Å². The first kappa shape index (κ1) is 11.0. The van der Waals surface area contributed by atoms with Crippen LogP contribution < -0.4 is 4.74 Å². The Hall–Kier alpha value is -1.07. The average Bonchev–Trinajstić information content (AvgIpc) is 2.15. The Morgan fingerprint density at radius 2 is 2.07 bits per heavy atom. The number of benzene rings is 1. The second-order valence-corrected chi connectivity index (χ2v) is 4.85. The van der Waals surface area contributed by atoms with Gasteiger partial charge >= 0.3 is 0 Å². The van der Waals surface area contributed by atoms with Crippen molar-refractivity contribution in [3.8, 4) is 5.75 Å². The molecular weight excluding hydrogens is 204 g/mol. The molecular formula is C9H12O4S. The average molecular weight is 216 g/mol. The summed E-state index contributed by atoms with van der Waals surface area (Å²) < 4.78 is 27.6. The van der Waals surface area contributed by atoms with Crippen LogP contribution in [0.5, 0.6) is 5.75 Å². The molecule has 0 unspecified atom stereocenters. The zero-order valence-corrected chi connectivity index (χ0v) is 8.84. The van der Waals surface area contributed by atoms with Crippen molar-refractivity contribution in [2.24, 2.45) is 0 Å². The van der Waals surface area contributed by atoms with Gasteiger partial charge in [-0.1, -0.05) is 6.07 Å². The smallest absolute Gasteiger partial charge is 0.176 e. The summed E-state index contributed by atoms with van der Waals surface area (Å²) in [5, 5.41) is 9.05. The normalized spacial score (nSPS) is 11.4. The van der Waals surface area contributed by atoms with Crippen LogP contribution >= 0.6 is 0 Å². The quantitative estimate of drug-likeness (QED) is 0.803. The van der Waals surface area contributed by atoms with Crippen molar-refractivity contribution in [2.45, 2.75) is 11.5 Å². The lowest BCUT2D eigenvalue weighted by atomic mass is 10.2. The van der Waals surface area contributed by atoms with E-state index in [-0.39, 0.29) is 11.5 Å². The Bertz CT molecular complexity index is 422. The molecule has 1 aromatic rings. The maximum Gasteiger partial charge on any atom is 0.176 e. The van der Waals surface area contributed by atoms with Crippen molar-refractivity contribution < 1.29 is 18.3 Å². The Morgan fingerprint density at radius 3 is 2.50 bits per heavy atom. The Labute approximate surface area is 83.1 Å². The van der Waals surface area contributed by atoms with Crippen molar-refractivity contribution in [1.82, 2.24) is 0 Å². The standard InChI is InChI=1S/C9H12O4S/c1-13-8-4-3-5-9(7(8)6-10)14(2,11)12/h3-5,10H,6H2,1-2H3. The number of rotatable bonds is 3. The van der Waals surface area contributed by atoms with E-state index < -0.39 is 9.84 Å². The van der Waals surface area contributed by atoms with Gasteiger partial charge in [0.2, 0.25) is 0 Å². The molecule has 4 nitrogen and oxygen atoms in total. The highest BCUT2D eigenvalue weighted by atomic mass is 32.2. The maximum absolute atomic E-state index is 11.3. The molecule has 0 fully saturated rings. The lowest BCUT2D eigenvalue weighted by Gasteiger charge is -2.09. The van der Waals surface area contributed by atoms with Gasteiger partial charge in [-0.15, -0.1) is 0 Å². The van der Waals surface area contributed by atoms with Gasteiger partial charge in [-0.2, -0.15) is 0 Å². The second-order valence-electron chi connectivity index (χ2n) is 2.87. The molecule has 78 valence electrons. The van der Waals surface area contributed by atoms with Crippen LogP contribution in [-0.2, 0) is 16.4 Å². The summed E-state index contributed by atoms with van der Waals surface area (Å²) in [6.07, 6.45) is 1.10. The van der Waals surface area contributed by atoms with Gasteiger partial charge in [-0.3, -0.25) is 0 Å². The Kier molecular flexibility index (Phi) is 3.13. The first-order valence-electron chi connectivity index (χ1n) is 3.97. The SMILES string of the molecule is COc1cccc(S(C)(=O)=O)c1CO. The molecule has 0 aliphatic rings. The molecule has 0 heterocycles. The largest absolute Gasteiger partial charge is 0.496 e. The van der Waals surface area contributed by atoms with Crippen molar-refractivity contribution in [3.63, 3.8) is 0 Å². The number of aliphatic hydroxyl groups excluding tert-OH is 1. The fraction of sp³-hybridized carbons (Fsp3) is 0.333. The predicted molar refractivity (Wildman–Crippen MR) is 52.0 cm³/mol. The van der Waals surface area contributed by atoms with E-state index in [4.69, 9.17) is 9.84 Å². The highest BCUT2D eigenvalue weighted by molar-refractivity contribution is 7.90. The minimum Gasteiger partial charge on any atom is -0.496 e. The summed E-state index contributed by atoms with van der Waals surface area (Å²) in [5.74, 6) is 0.385. The Balaban J connectivity index is 3.45. The highest BCUT2D eigenvalue weighted by Crippen LogP contribution is 2.25. The van der Waals surface area contributed by atoms with Crippen molar-refractivity contribution in [1.29, 1.82) is 0 Å². The van der Waals surface area contributed by atoms with Gasteiger partial charge in [0.1, 0.15) is 5.75 Å². The van der Waals surface area contributed by atoms with Crippen LogP contribution in [0.1, 0.15) is 5.56 Å². The van der Waals surface area contributed by atoms with Gasteiger partial charge < -0.3 is 9.84 Å². The summed E-state index contributed by atoms with van der Waals surface area (Å²) in [6, 6.07) is 4.64. The molecule has 0 aromatic heterocycles. The zero-order chi connectivity index (χ0) is 10.8. The first-order chi connectivity index (χ1) is 6.50. The molecule has 0 saturated carbocycles. The third kappa shape index (κ3) is 2.05. The zero-order valence-electron chi connectivity index (χ0n) is 8.02. The minimum absolute atomic E-state index is 0.111. The van der Waals surface area contributed by atoms with E-state index in [2.05, 4.69) is 0 Å². The molecule has 14 heavy (non-hydrogen) atoms. The highest BCUT2D eigenvalue weighted by Gasteiger charge is 2.15. The van der Waals surface area contributed by atoms with E-state index >= 15 is 0 Å². The molecule has 1 N–H and O–H groups in total. The molecule has 0 aliphatic carbocycles. The van der Waals surface area contributed by atoms with E-state index in [0.29, 0.717) is 11.3 Å². The summed E-state index contributed by atoms with van der Waals surface area (Å²) >= 11 is 0. The predicted octanol–water partition coefficient (Wildman–Crippen LogP) is 0.591. The fourth-order valence-electron chi connectivity index (χ4n) is 1.24. The lowest BCUT2D eigenvalue weighted by Crippen LogP contribution is -2.04. The molecule has 1 rings (SSSR count). The van der Waals surface area contributed by atoms with Crippen molar-refractivity contribution in [3.05, 3.63) is 23.8 Å². The molecule has 1 aromatic carbocycles. The van der Waals surface area contributed by atoms with Gasteiger partial charge in [0.15, 0.2) is 9.84 Å². The number of ether oxygens (including phenoxy) is 1. The summed E-state index contributed by atoms with van der Waals surface area (Å²) in [5.41, 5.74) is 0.303. The van der Waals surface area contributed by atoms with Gasteiger partial charge in [0.05, 0.1) is 18.6 Å². The fourth-order valence-corrected chi connectivity index (χ4v) is 2.18. The van der Waals surface area contributed by atoms with E-state index in [1.165, 1.54) is 13.2 Å². The van der Waals surface area contributed by atoms with Crippen molar-refractivity contribution in [2.75, 3.05) is 13.4 Å². The topological polar surface area (TPSA) is 63.6 Å². The van der Waals surface area contributed by atoms with Crippen LogP contribution in [-0.4, -0.2) is 26.9 Å². The molecule has 0 saturated heterocycles. The number of hydrogen-bond acceptors (Lipinski definition) is 4. The van der Waals surface area contributed by atoms with Crippen LogP contribution in [0.3, 0.4) is 0 Å². The lowest BCUT2D eigenvalue weighted by molar-refractivity contribution is 0.270. The van der Waals surface area contributed by atoms with E-state index in [0.717, 1.165) is 6.26 Å². The monoisotopic (exact) mass is 216 g/mol. The third-order valence-corrected chi connectivity index (χ3v) is 3.05. The van der Waals surface area contributed by atoms with Crippen molar-refractivity contribution >= 4 is 9.84 Å². The molecule has 0 aliphatic heterocycles. The van der Waals surface area contributed by atoms with Gasteiger partial charge in [-0.25, -0.2) is 8.42 Å². The summed E-state index contributed by atoms with van der Waals surface area (Å²) in [6.45, 7) is -0.355. The first-order valence-corrected chi connectivity index (χ1v) is 5.86. The molecule has 0 bridgehead atoms. The summed E-state index contributed by atoms with van der Waals surface area (Å²) in [7, 11) is -1.89. The number of aliphatic hydroxyl groups is 1. The maximum atomic E-state index is 11.3. The van der Waals surface area contributed by atoms with Crippen LogP contribution in [0, 0.1) is 0 Å². The second kappa shape index (κ2) is 3.98. The molecule has 0 amide bonds. The van der Waals surface area contributed by atoms with Gasteiger partial charge in [0, 0.05) is 11.8 Å². The number of hydrogen-bond donors (Lipinski definition) is 1. The molecule has 0 atom stereocenters. The van der Waals surface area contributed by atoms with Crippen LogP contribution in [0.15, 0.2) is 23.1 Å². The summed E-state index contributed by atoms with van der Waals surface area (Å²) in [4.78, 5) is 0.111.